The van der Waals surface area contributed by atoms with E-state index in [0.29, 0.717) is 12.3 Å². The Labute approximate surface area is 116 Å². The molecule has 0 aliphatic carbocycles. The molecule has 2 aliphatic rings. The van der Waals surface area contributed by atoms with Crippen molar-refractivity contribution in [2.24, 2.45) is 0 Å². The summed E-state index contributed by atoms with van der Waals surface area (Å²) >= 11 is 0. The molecule has 19 heavy (non-hydrogen) atoms. The summed E-state index contributed by atoms with van der Waals surface area (Å²) in [6, 6.07) is 0.722. The highest BCUT2D eigenvalue weighted by Gasteiger charge is 2.22. The number of piperazine rings is 1. The second-order valence-electron chi connectivity index (χ2n) is 5.92. The Morgan fingerprint density at radius 2 is 1.79 bits per heavy atom. The minimum Gasteiger partial charge on any atom is -0.340 e. The Hall–Kier alpha value is -0.650. The van der Waals surface area contributed by atoms with Gasteiger partial charge >= 0.3 is 0 Å². The van der Waals surface area contributed by atoms with Crippen molar-refractivity contribution in [3.8, 4) is 0 Å². The van der Waals surface area contributed by atoms with Gasteiger partial charge in [-0.1, -0.05) is 0 Å². The molecule has 2 fully saturated rings. The number of likely N-dealkylation sites (tertiary alicyclic amines) is 1. The number of rotatable bonds is 4. The number of amides is 1. The summed E-state index contributed by atoms with van der Waals surface area (Å²) in [6.07, 6.45) is 3.15. The normalized spacial score (nSPS) is 23.0. The van der Waals surface area contributed by atoms with E-state index in [4.69, 9.17) is 0 Å². The van der Waals surface area contributed by atoms with Gasteiger partial charge in [0, 0.05) is 45.2 Å². The van der Waals surface area contributed by atoms with Gasteiger partial charge in [-0.2, -0.15) is 0 Å². The van der Waals surface area contributed by atoms with Crippen LogP contribution in [-0.2, 0) is 4.79 Å². The van der Waals surface area contributed by atoms with Crippen molar-refractivity contribution in [2.45, 2.75) is 25.3 Å². The maximum atomic E-state index is 12.1. The number of hydrogen-bond acceptors (Lipinski definition) is 4. The van der Waals surface area contributed by atoms with Gasteiger partial charge in [0.2, 0.25) is 5.91 Å². The van der Waals surface area contributed by atoms with Crippen molar-refractivity contribution in [1.82, 2.24) is 20.0 Å². The highest BCUT2D eigenvalue weighted by atomic mass is 16.2. The summed E-state index contributed by atoms with van der Waals surface area (Å²) in [4.78, 5) is 18.8. The van der Waals surface area contributed by atoms with Crippen LogP contribution in [0.1, 0.15) is 19.3 Å². The Morgan fingerprint density at radius 3 is 2.37 bits per heavy atom. The molecule has 5 heteroatoms. The lowest BCUT2D eigenvalue weighted by atomic mass is 10.0. The number of carbonyl (C=O) groups excluding carboxylic acids is 1. The average molecular weight is 268 g/mol. The molecule has 0 aromatic carbocycles. The molecule has 0 unspecified atom stereocenters. The van der Waals surface area contributed by atoms with Crippen LogP contribution in [0.4, 0.5) is 0 Å². The zero-order valence-corrected chi connectivity index (χ0v) is 12.4. The van der Waals surface area contributed by atoms with E-state index < -0.39 is 0 Å². The summed E-state index contributed by atoms with van der Waals surface area (Å²) in [7, 11) is 4.32. The lowest BCUT2D eigenvalue weighted by molar-refractivity contribution is -0.132. The smallest absolute Gasteiger partial charge is 0.223 e. The molecule has 1 N–H and O–H groups in total. The van der Waals surface area contributed by atoms with Gasteiger partial charge in [0.15, 0.2) is 0 Å². The third-order valence-corrected chi connectivity index (χ3v) is 4.40. The summed E-state index contributed by atoms with van der Waals surface area (Å²) in [5.41, 5.74) is 0. The zero-order valence-electron chi connectivity index (χ0n) is 12.4. The van der Waals surface area contributed by atoms with Crippen LogP contribution in [0, 0.1) is 0 Å². The van der Waals surface area contributed by atoms with E-state index in [1.165, 1.54) is 12.8 Å². The van der Waals surface area contributed by atoms with E-state index in [9.17, 15) is 4.79 Å². The molecular weight excluding hydrogens is 240 g/mol. The molecule has 110 valence electrons. The van der Waals surface area contributed by atoms with E-state index in [0.717, 1.165) is 51.9 Å². The molecule has 0 bridgehead atoms. The summed E-state index contributed by atoms with van der Waals surface area (Å²) in [6.45, 7) is 6.85. The highest BCUT2D eigenvalue weighted by Crippen LogP contribution is 2.14. The van der Waals surface area contributed by atoms with Crippen LogP contribution >= 0.6 is 0 Å². The molecular formula is C14H28N4O. The first-order valence-corrected chi connectivity index (χ1v) is 7.54. The number of hydrogen-bond donors (Lipinski definition) is 1. The summed E-state index contributed by atoms with van der Waals surface area (Å²) in [5, 5.41) is 3.28. The Balaban J connectivity index is 1.64. The van der Waals surface area contributed by atoms with Gasteiger partial charge in [0.25, 0.3) is 0 Å². The summed E-state index contributed by atoms with van der Waals surface area (Å²) in [5.74, 6) is 0.330. The molecule has 0 radical (unpaired) electrons. The molecule has 2 heterocycles. The van der Waals surface area contributed by atoms with E-state index in [1.54, 1.807) is 0 Å². The standard InChI is InChI=1S/C14H28N4O/c1-16(2)13-3-8-17(9-4-13)10-5-14(19)18-11-6-15-7-12-18/h13,15H,3-12H2,1-2H3. The van der Waals surface area contributed by atoms with Gasteiger partial charge in [-0.3, -0.25) is 4.79 Å². The van der Waals surface area contributed by atoms with Crippen molar-refractivity contribution in [1.29, 1.82) is 0 Å². The van der Waals surface area contributed by atoms with Gasteiger partial charge in [-0.05, 0) is 40.0 Å². The first-order chi connectivity index (χ1) is 9.16. The third kappa shape index (κ3) is 4.44. The molecule has 0 atom stereocenters. The second kappa shape index (κ2) is 7.22. The second-order valence-corrected chi connectivity index (χ2v) is 5.92. The van der Waals surface area contributed by atoms with Crippen molar-refractivity contribution >= 4 is 5.91 Å². The van der Waals surface area contributed by atoms with Crippen molar-refractivity contribution in [3.63, 3.8) is 0 Å². The van der Waals surface area contributed by atoms with Gasteiger partial charge in [0.05, 0.1) is 0 Å². The van der Waals surface area contributed by atoms with Crippen LogP contribution in [0.5, 0.6) is 0 Å². The number of nitrogens with zero attached hydrogens (tertiary/aromatic N) is 3. The molecule has 2 saturated heterocycles. The third-order valence-electron chi connectivity index (χ3n) is 4.40. The van der Waals surface area contributed by atoms with Crippen molar-refractivity contribution in [3.05, 3.63) is 0 Å². The molecule has 2 aliphatic heterocycles. The van der Waals surface area contributed by atoms with Gasteiger partial charge in [-0.15, -0.1) is 0 Å². The maximum Gasteiger partial charge on any atom is 0.223 e. The minimum atomic E-state index is 0.330. The van der Waals surface area contributed by atoms with Crippen LogP contribution in [0.3, 0.4) is 0 Å². The predicted molar refractivity (Wildman–Crippen MR) is 77.2 cm³/mol. The topological polar surface area (TPSA) is 38.8 Å². The van der Waals surface area contributed by atoms with E-state index in [-0.39, 0.29) is 0 Å². The molecule has 0 aromatic heterocycles. The zero-order chi connectivity index (χ0) is 13.7. The quantitative estimate of drug-likeness (QED) is 0.769. The van der Waals surface area contributed by atoms with Gasteiger partial charge in [-0.25, -0.2) is 0 Å². The molecule has 5 nitrogen and oxygen atoms in total. The average Bonchev–Trinajstić information content (AvgIpc) is 2.46. The van der Waals surface area contributed by atoms with Crippen molar-refractivity contribution in [2.75, 3.05) is 59.9 Å². The fourth-order valence-corrected chi connectivity index (χ4v) is 2.99. The Morgan fingerprint density at radius 1 is 1.16 bits per heavy atom. The molecule has 1 amide bonds. The predicted octanol–water partition coefficient (Wildman–Crippen LogP) is -0.166. The molecule has 2 rings (SSSR count). The molecule has 0 spiro atoms. The van der Waals surface area contributed by atoms with E-state index in [2.05, 4.69) is 29.2 Å². The van der Waals surface area contributed by atoms with E-state index in [1.807, 2.05) is 4.90 Å². The lowest BCUT2D eigenvalue weighted by Crippen LogP contribution is -2.47. The van der Waals surface area contributed by atoms with Crippen molar-refractivity contribution < 1.29 is 4.79 Å². The Bertz CT molecular complexity index is 281. The summed E-state index contributed by atoms with van der Waals surface area (Å²) < 4.78 is 0. The van der Waals surface area contributed by atoms with Gasteiger partial charge in [0.1, 0.15) is 0 Å². The monoisotopic (exact) mass is 268 g/mol. The fourth-order valence-electron chi connectivity index (χ4n) is 2.99. The SMILES string of the molecule is CN(C)C1CCN(CCC(=O)N2CCNCC2)CC1. The largest absolute Gasteiger partial charge is 0.340 e. The first kappa shape index (κ1) is 14.8. The molecule has 0 aromatic rings. The van der Waals surface area contributed by atoms with Crippen LogP contribution < -0.4 is 5.32 Å². The van der Waals surface area contributed by atoms with Gasteiger partial charge < -0.3 is 20.0 Å². The van der Waals surface area contributed by atoms with Crippen LogP contribution in [0.25, 0.3) is 0 Å². The number of nitrogens with one attached hydrogen (secondary N) is 1. The fraction of sp³-hybridized carbons (Fsp3) is 0.929. The van der Waals surface area contributed by atoms with Crippen LogP contribution in [-0.4, -0.2) is 86.6 Å². The molecule has 0 saturated carbocycles. The first-order valence-electron chi connectivity index (χ1n) is 7.54. The maximum absolute atomic E-state index is 12.1. The number of carbonyl (C=O) groups is 1. The highest BCUT2D eigenvalue weighted by molar-refractivity contribution is 5.76. The lowest BCUT2D eigenvalue weighted by Gasteiger charge is -2.35. The van der Waals surface area contributed by atoms with E-state index >= 15 is 0 Å². The van der Waals surface area contributed by atoms with Crippen LogP contribution in [0.2, 0.25) is 0 Å². The van der Waals surface area contributed by atoms with Crippen LogP contribution in [0.15, 0.2) is 0 Å². The Kier molecular flexibility index (Phi) is 5.60. The number of piperidine rings is 1. The minimum absolute atomic E-state index is 0.330.